The highest BCUT2D eigenvalue weighted by Gasteiger charge is 2.30. The summed E-state index contributed by atoms with van der Waals surface area (Å²) in [6, 6.07) is 0. The van der Waals surface area contributed by atoms with Gasteiger partial charge in [0.25, 0.3) is 0 Å². The van der Waals surface area contributed by atoms with E-state index in [1.54, 1.807) is 0 Å². The maximum Gasteiger partial charge on any atom is 0.472 e. The van der Waals surface area contributed by atoms with Crippen LogP contribution in [0.4, 0.5) is 0 Å². The van der Waals surface area contributed by atoms with Gasteiger partial charge in [0.2, 0.25) is 0 Å². The summed E-state index contributed by atoms with van der Waals surface area (Å²) in [5, 5.41) is 10.6. The van der Waals surface area contributed by atoms with Crippen LogP contribution in [0.3, 0.4) is 0 Å². The number of phosphoric acid groups is 2. The van der Waals surface area contributed by atoms with E-state index >= 15 is 0 Å². The molecule has 102 heavy (non-hydrogen) atoms. The van der Waals surface area contributed by atoms with Crippen LogP contribution in [0.2, 0.25) is 0 Å². The quantitative estimate of drug-likeness (QED) is 0.0222. The minimum absolute atomic E-state index is 0.109. The number of aliphatic hydroxyl groups is 1. The molecule has 0 spiro atoms. The van der Waals surface area contributed by atoms with E-state index in [4.69, 9.17) is 37.0 Å². The molecule has 3 unspecified atom stereocenters. The van der Waals surface area contributed by atoms with Gasteiger partial charge in [0, 0.05) is 25.7 Å². The first-order valence-corrected chi connectivity index (χ1v) is 46.2. The van der Waals surface area contributed by atoms with Crippen molar-refractivity contribution in [2.75, 3.05) is 39.6 Å². The lowest BCUT2D eigenvalue weighted by Crippen LogP contribution is -2.30. The maximum absolute atomic E-state index is 13.1. The molecule has 0 heterocycles. The summed E-state index contributed by atoms with van der Waals surface area (Å²) >= 11 is 0. The van der Waals surface area contributed by atoms with Crippen LogP contribution >= 0.6 is 15.6 Å². The number of unbranched alkanes of at least 4 members (excludes halogenated alkanes) is 54. The number of rotatable bonds is 83. The van der Waals surface area contributed by atoms with Crippen molar-refractivity contribution in [3.8, 4) is 0 Å². The first-order chi connectivity index (χ1) is 49.6. The van der Waals surface area contributed by atoms with Gasteiger partial charge in [0.15, 0.2) is 12.2 Å². The standard InChI is InChI=1S/C83H162O17P2/c1-6-10-13-16-19-22-24-26-28-35-39-43-47-52-57-62-67-81(86)94-73-79(100-83(88)69-64-59-54-49-45-41-37-33-31-30-32-34-38-42-46-50-55-60-65-76(5)9-4)75-98-102(91,92)96-71-77(84)70-95-101(89,90)97-74-78(72-93-80(85)66-61-56-51-21-18-15-12-8-3)99-82(87)68-63-58-53-48-44-40-36-29-27-25-23-20-17-14-11-7-2/h76-79,84H,6-75H2,1-5H3,(H,89,90)(H,91,92)/t76?,77-,78+,79+/m0/s1. The molecule has 0 aromatic heterocycles. The Labute approximate surface area is 626 Å². The fourth-order valence-corrected chi connectivity index (χ4v) is 14.5. The highest BCUT2D eigenvalue weighted by molar-refractivity contribution is 7.47. The van der Waals surface area contributed by atoms with E-state index < -0.39 is 97.5 Å². The number of hydrogen-bond donors (Lipinski definition) is 3. The molecule has 0 amide bonds. The molecule has 606 valence electrons. The molecule has 0 radical (unpaired) electrons. The zero-order valence-corrected chi connectivity index (χ0v) is 68.5. The number of hydrogen-bond acceptors (Lipinski definition) is 15. The zero-order chi connectivity index (χ0) is 74.8. The van der Waals surface area contributed by atoms with Crippen molar-refractivity contribution >= 4 is 39.5 Å². The number of phosphoric ester groups is 2. The van der Waals surface area contributed by atoms with Crippen LogP contribution in [0.1, 0.15) is 446 Å². The fourth-order valence-electron chi connectivity index (χ4n) is 12.9. The third kappa shape index (κ3) is 74.9. The van der Waals surface area contributed by atoms with Crippen LogP contribution in [0.15, 0.2) is 0 Å². The van der Waals surface area contributed by atoms with E-state index in [9.17, 15) is 43.2 Å². The average Bonchev–Trinajstić information content (AvgIpc) is 0.919. The van der Waals surface area contributed by atoms with Crippen LogP contribution in [-0.4, -0.2) is 96.7 Å². The largest absolute Gasteiger partial charge is 0.472 e. The second-order valence-corrected chi connectivity index (χ2v) is 33.0. The monoisotopic (exact) mass is 1490 g/mol. The van der Waals surface area contributed by atoms with E-state index in [0.29, 0.717) is 25.7 Å². The normalized spacial score (nSPS) is 14.1. The van der Waals surface area contributed by atoms with Crippen LogP contribution in [0, 0.1) is 5.92 Å². The van der Waals surface area contributed by atoms with Crippen molar-refractivity contribution in [2.24, 2.45) is 5.92 Å². The molecular weight excluding hydrogens is 1330 g/mol. The molecule has 0 aliphatic rings. The number of aliphatic hydroxyl groups excluding tert-OH is 1. The van der Waals surface area contributed by atoms with Gasteiger partial charge in [0.05, 0.1) is 26.4 Å². The third-order valence-electron chi connectivity index (χ3n) is 19.9. The zero-order valence-electron chi connectivity index (χ0n) is 66.8. The second-order valence-electron chi connectivity index (χ2n) is 30.1. The first kappa shape index (κ1) is 100. The number of esters is 4. The lowest BCUT2D eigenvalue weighted by Gasteiger charge is -2.21. The van der Waals surface area contributed by atoms with E-state index in [2.05, 4.69) is 34.6 Å². The fraction of sp³-hybridized carbons (Fsp3) is 0.952. The molecule has 0 bridgehead atoms. The summed E-state index contributed by atoms with van der Waals surface area (Å²) in [5.74, 6) is -1.23. The lowest BCUT2D eigenvalue weighted by molar-refractivity contribution is -0.161. The van der Waals surface area contributed by atoms with Gasteiger partial charge in [-0.25, -0.2) is 9.13 Å². The highest BCUT2D eigenvalue weighted by atomic mass is 31.2. The van der Waals surface area contributed by atoms with E-state index in [-0.39, 0.29) is 25.7 Å². The Bertz CT molecular complexity index is 1950. The Morgan fingerprint density at radius 2 is 0.471 bits per heavy atom. The molecule has 19 heteroatoms. The van der Waals surface area contributed by atoms with Crippen molar-refractivity contribution in [1.82, 2.24) is 0 Å². The molecular formula is C83H162O17P2. The van der Waals surface area contributed by atoms with Crippen LogP contribution in [-0.2, 0) is 65.4 Å². The predicted molar refractivity (Wildman–Crippen MR) is 418 cm³/mol. The van der Waals surface area contributed by atoms with Crippen molar-refractivity contribution < 1.29 is 80.2 Å². The number of carbonyl (C=O) groups is 4. The molecule has 17 nitrogen and oxygen atoms in total. The number of carbonyl (C=O) groups excluding carboxylic acids is 4. The van der Waals surface area contributed by atoms with Gasteiger partial charge in [-0.05, 0) is 31.6 Å². The van der Waals surface area contributed by atoms with Gasteiger partial charge in [0.1, 0.15) is 19.3 Å². The molecule has 0 aliphatic carbocycles. The van der Waals surface area contributed by atoms with Gasteiger partial charge in [-0.3, -0.25) is 37.3 Å². The number of ether oxygens (including phenoxy) is 4. The summed E-state index contributed by atoms with van der Waals surface area (Å²) in [7, 11) is -9.92. The summed E-state index contributed by atoms with van der Waals surface area (Å²) in [6.07, 6.45) is 68.0. The maximum atomic E-state index is 13.1. The first-order valence-electron chi connectivity index (χ1n) is 43.2. The van der Waals surface area contributed by atoms with Gasteiger partial charge in [-0.2, -0.15) is 0 Å². The lowest BCUT2D eigenvalue weighted by atomic mass is 9.99. The Morgan fingerprint density at radius 1 is 0.275 bits per heavy atom. The summed E-state index contributed by atoms with van der Waals surface area (Å²) < 4.78 is 68.7. The van der Waals surface area contributed by atoms with Gasteiger partial charge in [-0.1, -0.05) is 394 Å². The molecule has 0 aliphatic heterocycles. The van der Waals surface area contributed by atoms with Gasteiger partial charge >= 0.3 is 39.5 Å². The van der Waals surface area contributed by atoms with Crippen LogP contribution < -0.4 is 0 Å². The molecule has 0 saturated carbocycles. The van der Waals surface area contributed by atoms with E-state index in [0.717, 1.165) is 95.8 Å². The van der Waals surface area contributed by atoms with E-state index in [1.165, 1.54) is 270 Å². The van der Waals surface area contributed by atoms with Crippen LogP contribution in [0.25, 0.3) is 0 Å². The molecule has 0 fully saturated rings. The van der Waals surface area contributed by atoms with Crippen molar-refractivity contribution in [3.63, 3.8) is 0 Å². The molecule has 0 rings (SSSR count). The topological polar surface area (TPSA) is 237 Å². The summed E-state index contributed by atoms with van der Waals surface area (Å²) in [6.45, 7) is 7.39. The molecule has 6 atom stereocenters. The van der Waals surface area contributed by atoms with Crippen molar-refractivity contribution in [3.05, 3.63) is 0 Å². The minimum atomic E-state index is -4.96. The SMILES string of the molecule is CCCCCCCCCCCCCCCCCCC(=O)OC[C@H](COP(=O)(O)OC[C@@H](O)COP(=O)(O)OC[C@@H](COC(=O)CCCCCCCCCC)OC(=O)CCCCCCCCCCCCCCCCCC)OC(=O)CCCCCCCCCCCCCCCCCCCCC(C)CC. The summed E-state index contributed by atoms with van der Waals surface area (Å²) in [5.41, 5.74) is 0. The molecule has 0 saturated heterocycles. The smallest absolute Gasteiger partial charge is 0.462 e. The highest BCUT2D eigenvalue weighted by Crippen LogP contribution is 2.45. The Balaban J connectivity index is 5.18. The average molecular weight is 1490 g/mol. The van der Waals surface area contributed by atoms with Crippen molar-refractivity contribution in [2.45, 2.75) is 464 Å². The molecule has 0 aromatic rings. The molecule has 3 N–H and O–H groups in total. The third-order valence-corrected chi connectivity index (χ3v) is 21.8. The van der Waals surface area contributed by atoms with Crippen LogP contribution in [0.5, 0.6) is 0 Å². The van der Waals surface area contributed by atoms with Gasteiger partial charge < -0.3 is 33.8 Å². The Morgan fingerprint density at radius 3 is 0.696 bits per heavy atom. The predicted octanol–water partition coefficient (Wildman–Crippen LogP) is 25.2. The Kier molecular flexibility index (Phi) is 74.4. The van der Waals surface area contributed by atoms with Crippen molar-refractivity contribution in [1.29, 1.82) is 0 Å². The summed E-state index contributed by atoms with van der Waals surface area (Å²) in [4.78, 5) is 73.0. The second kappa shape index (κ2) is 75.9. The molecule has 0 aromatic carbocycles. The minimum Gasteiger partial charge on any atom is -0.462 e. The van der Waals surface area contributed by atoms with Gasteiger partial charge in [-0.15, -0.1) is 0 Å². The van der Waals surface area contributed by atoms with E-state index in [1.807, 2.05) is 0 Å². The Hall–Kier alpha value is -1.94.